The molecule has 0 aliphatic carbocycles. The van der Waals surface area contributed by atoms with Crippen LogP contribution in [0.25, 0.3) is 0 Å². The van der Waals surface area contributed by atoms with Crippen molar-refractivity contribution < 1.29 is 68.4 Å². The van der Waals surface area contributed by atoms with E-state index in [2.05, 4.69) is 31.9 Å². The molecule has 20 heteroatoms. The number of unbranched alkanes of at least 4 members (excludes halogenated alkanes) is 2. The highest BCUT2D eigenvalue weighted by atomic mass is 16.4. The summed E-state index contributed by atoms with van der Waals surface area (Å²) < 4.78 is 0. The van der Waals surface area contributed by atoms with Crippen LogP contribution in [0.3, 0.4) is 0 Å². The highest BCUT2D eigenvalue weighted by Crippen LogP contribution is 2.07. The number of amides is 5. The van der Waals surface area contributed by atoms with Crippen molar-refractivity contribution in [1.82, 2.24) is 31.9 Å². The molecule has 5 unspecified atom stereocenters. The number of hydrogen-bond acceptors (Lipinski definition) is 11. The summed E-state index contributed by atoms with van der Waals surface area (Å²) in [6, 6.07) is -6.32. The van der Waals surface area contributed by atoms with Crippen molar-refractivity contribution >= 4 is 59.2 Å². The molecule has 0 saturated heterocycles. The molecule has 0 spiro atoms. The van der Waals surface area contributed by atoms with E-state index in [1.54, 1.807) is 7.05 Å². The minimum atomic E-state index is -1.61. The van der Waals surface area contributed by atoms with Crippen LogP contribution in [0.2, 0.25) is 0 Å². The fraction of sp³-hybridized carbons (Fsp3) is 0.697. The molecular weight excluding hydrogens is 704 g/mol. The molecular formula is C33H54N6O14. The van der Waals surface area contributed by atoms with Gasteiger partial charge < -0.3 is 52.3 Å². The first kappa shape index (κ1) is 47.9. The molecule has 0 radical (unpaired) electrons. The minimum Gasteiger partial charge on any atom is -0.480 e. The molecule has 5 atom stereocenters. The van der Waals surface area contributed by atoms with Crippen LogP contribution in [0.15, 0.2) is 0 Å². The van der Waals surface area contributed by atoms with Crippen molar-refractivity contribution in [3.05, 3.63) is 0 Å². The summed E-state index contributed by atoms with van der Waals surface area (Å²) in [5, 5.41) is 52.2. The van der Waals surface area contributed by atoms with Crippen LogP contribution in [0.4, 0.5) is 0 Å². The van der Waals surface area contributed by atoms with E-state index in [0.29, 0.717) is 38.6 Å². The second-order valence-corrected chi connectivity index (χ2v) is 12.4. The van der Waals surface area contributed by atoms with Gasteiger partial charge in [-0.3, -0.25) is 28.8 Å². The number of carbonyl (C=O) groups is 10. The summed E-state index contributed by atoms with van der Waals surface area (Å²) in [6.07, 6.45) is -0.0842. The molecule has 5 amide bonds. The third kappa shape index (κ3) is 22.4. The molecule has 0 aliphatic heterocycles. The number of nitrogens with one attached hydrogen (secondary N) is 6. The Morgan fingerprint density at radius 1 is 0.453 bits per heavy atom. The molecule has 10 N–H and O–H groups in total. The van der Waals surface area contributed by atoms with Crippen molar-refractivity contribution in [2.24, 2.45) is 0 Å². The zero-order valence-corrected chi connectivity index (χ0v) is 30.4. The van der Waals surface area contributed by atoms with Gasteiger partial charge in [0, 0.05) is 38.6 Å². The van der Waals surface area contributed by atoms with Crippen LogP contribution in [0.5, 0.6) is 0 Å². The zero-order chi connectivity index (χ0) is 40.5. The first-order chi connectivity index (χ1) is 24.9. The van der Waals surface area contributed by atoms with Gasteiger partial charge in [0.2, 0.25) is 29.5 Å². The predicted octanol–water partition coefficient (Wildman–Crippen LogP) is -0.961. The van der Waals surface area contributed by atoms with Crippen LogP contribution >= 0.6 is 0 Å². The standard InChI is InChI=1S/C33H54N6O14/c1-4-5-9-26(42)36-22(31(48)49)11-15-28(44)38-24(33(52)53)13-17-29(45)39-23(32(50)51)12-16-27(43)37-21(30(46)47)10-14-25(41)35-18-7-6-8-20(34-3)19(2)40/h20-24,34H,4-18H2,1-3H3,(H,35,41)(H,36,42)(H,37,43)(H,38,44)(H,39,45)(H,46,47)(H,48,49)(H,50,51)(H,52,53). The van der Waals surface area contributed by atoms with E-state index < -0.39 is 110 Å². The average molecular weight is 759 g/mol. The third-order valence-corrected chi connectivity index (χ3v) is 8.01. The summed E-state index contributed by atoms with van der Waals surface area (Å²) in [5.41, 5.74) is 0. The van der Waals surface area contributed by atoms with Crippen LogP contribution in [0.1, 0.15) is 104 Å². The Labute approximate surface area is 307 Å². The smallest absolute Gasteiger partial charge is 0.326 e. The Bertz CT molecular complexity index is 1290. The van der Waals surface area contributed by atoms with Gasteiger partial charge in [-0.15, -0.1) is 0 Å². The van der Waals surface area contributed by atoms with E-state index in [4.69, 9.17) is 0 Å². The maximum atomic E-state index is 12.5. The average Bonchev–Trinajstić information content (AvgIpc) is 3.08. The van der Waals surface area contributed by atoms with Gasteiger partial charge in [0.05, 0.1) is 6.04 Å². The molecule has 0 fully saturated rings. The molecule has 0 bridgehead atoms. The molecule has 0 aromatic carbocycles. The maximum absolute atomic E-state index is 12.5. The number of hydrogen-bond donors (Lipinski definition) is 10. The minimum absolute atomic E-state index is 0.00282. The van der Waals surface area contributed by atoms with E-state index in [1.165, 1.54) is 6.92 Å². The van der Waals surface area contributed by atoms with Gasteiger partial charge in [-0.1, -0.05) is 13.3 Å². The quantitative estimate of drug-likeness (QED) is 0.0394. The Hall–Kier alpha value is -5.14. The van der Waals surface area contributed by atoms with Crippen molar-refractivity contribution in [3.8, 4) is 0 Å². The molecule has 20 nitrogen and oxygen atoms in total. The second-order valence-electron chi connectivity index (χ2n) is 12.4. The summed E-state index contributed by atoms with van der Waals surface area (Å²) in [7, 11) is 1.68. The Balaban J connectivity index is 4.83. The van der Waals surface area contributed by atoms with E-state index in [0.717, 1.165) is 0 Å². The lowest BCUT2D eigenvalue weighted by molar-refractivity contribution is -0.144. The molecule has 0 saturated carbocycles. The summed E-state index contributed by atoms with van der Waals surface area (Å²) >= 11 is 0. The Kier molecular flexibility index (Phi) is 24.0. The summed E-state index contributed by atoms with van der Waals surface area (Å²) in [4.78, 5) is 119. The van der Waals surface area contributed by atoms with Gasteiger partial charge in [0.25, 0.3) is 0 Å². The van der Waals surface area contributed by atoms with Gasteiger partial charge in [-0.2, -0.15) is 0 Å². The molecule has 300 valence electrons. The van der Waals surface area contributed by atoms with Crippen molar-refractivity contribution in [2.75, 3.05) is 13.6 Å². The molecule has 0 aromatic heterocycles. The number of carbonyl (C=O) groups excluding carboxylic acids is 6. The van der Waals surface area contributed by atoms with Crippen LogP contribution in [0, 0.1) is 0 Å². The Morgan fingerprint density at radius 3 is 1.09 bits per heavy atom. The van der Waals surface area contributed by atoms with Gasteiger partial charge in [-0.25, -0.2) is 19.2 Å². The normalized spacial score (nSPS) is 13.6. The van der Waals surface area contributed by atoms with Crippen molar-refractivity contribution in [2.45, 2.75) is 134 Å². The second kappa shape index (κ2) is 26.6. The highest BCUT2D eigenvalue weighted by Gasteiger charge is 2.27. The van der Waals surface area contributed by atoms with Gasteiger partial charge in [-0.05, 0) is 65.3 Å². The van der Waals surface area contributed by atoms with E-state index in [-0.39, 0.29) is 37.5 Å². The monoisotopic (exact) mass is 758 g/mol. The number of rotatable bonds is 30. The Morgan fingerprint density at radius 2 is 0.792 bits per heavy atom. The summed E-state index contributed by atoms with van der Waals surface area (Å²) in [5.74, 6) is -9.45. The van der Waals surface area contributed by atoms with E-state index in [9.17, 15) is 68.4 Å². The lowest BCUT2D eigenvalue weighted by atomic mass is 10.1. The molecule has 0 aliphatic rings. The molecule has 0 rings (SSSR count). The number of aliphatic carboxylic acids is 4. The van der Waals surface area contributed by atoms with Crippen LogP contribution in [-0.2, 0) is 47.9 Å². The highest BCUT2D eigenvalue weighted by molar-refractivity contribution is 5.88. The molecule has 53 heavy (non-hydrogen) atoms. The molecule has 0 heterocycles. The number of Topliss-reactive ketones (excluding diaryl/α,β-unsaturated/α-hetero) is 1. The first-order valence-corrected chi connectivity index (χ1v) is 17.4. The van der Waals surface area contributed by atoms with Gasteiger partial charge in [0.1, 0.15) is 30.0 Å². The van der Waals surface area contributed by atoms with Gasteiger partial charge in [0.15, 0.2) is 0 Å². The van der Waals surface area contributed by atoms with E-state index >= 15 is 0 Å². The number of carboxylic acid groups (broad SMARTS) is 4. The topological polar surface area (TPSA) is 324 Å². The number of ketones is 1. The zero-order valence-electron chi connectivity index (χ0n) is 30.4. The van der Waals surface area contributed by atoms with Crippen molar-refractivity contribution in [1.29, 1.82) is 0 Å². The van der Waals surface area contributed by atoms with E-state index in [1.807, 2.05) is 6.92 Å². The SMILES string of the molecule is CCCCC(=O)NC(CCC(=O)NC(CCC(=O)NC(CCC(=O)NC(CCC(=O)NCCCCC(NC)C(C)=O)C(=O)O)C(=O)O)C(=O)O)C(=O)O. The lowest BCUT2D eigenvalue weighted by Crippen LogP contribution is -2.45. The molecule has 0 aromatic rings. The van der Waals surface area contributed by atoms with Crippen LogP contribution < -0.4 is 31.9 Å². The number of likely N-dealkylation sites (N-methyl/N-ethyl adjacent to an activating group) is 1. The lowest BCUT2D eigenvalue weighted by Gasteiger charge is -2.18. The largest absolute Gasteiger partial charge is 0.480 e. The van der Waals surface area contributed by atoms with Gasteiger partial charge >= 0.3 is 23.9 Å². The fourth-order valence-corrected chi connectivity index (χ4v) is 4.88. The maximum Gasteiger partial charge on any atom is 0.326 e. The fourth-order valence-electron chi connectivity index (χ4n) is 4.88. The first-order valence-electron chi connectivity index (χ1n) is 17.4. The summed E-state index contributed by atoms with van der Waals surface area (Å²) in [6.45, 7) is 3.63. The van der Waals surface area contributed by atoms with Crippen LogP contribution in [-0.4, -0.2) is 123 Å². The third-order valence-electron chi connectivity index (χ3n) is 8.01. The van der Waals surface area contributed by atoms with Crippen molar-refractivity contribution in [3.63, 3.8) is 0 Å². The predicted molar refractivity (Wildman–Crippen MR) is 185 cm³/mol. The number of carboxylic acids is 4.